The lowest BCUT2D eigenvalue weighted by molar-refractivity contribution is 0.0496. The van der Waals surface area contributed by atoms with Crippen molar-refractivity contribution in [1.82, 2.24) is 0 Å². The Bertz CT molecular complexity index is 1050. The third-order valence-electron chi connectivity index (χ3n) is 5.89. The number of hydrogen-bond donors (Lipinski definition) is 0. The summed E-state index contributed by atoms with van der Waals surface area (Å²) < 4.78 is 28.7. The molecule has 0 N–H and O–H groups in total. The molecule has 0 saturated carbocycles. The van der Waals surface area contributed by atoms with Crippen LogP contribution in [0.4, 0.5) is 0 Å². The average Bonchev–Trinajstić information content (AvgIpc) is 2.71. The Balaban J connectivity index is 1.67. The van der Waals surface area contributed by atoms with Crippen molar-refractivity contribution in [2.45, 2.75) is 31.5 Å². The third kappa shape index (κ3) is 2.51. The van der Waals surface area contributed by atoms with E-state index in [1.807, 2.05) is 38.1 Å². The lowest BCUT2D eigenvalue weighted by Crippen LogP contribution is -2.43. The van der Waals surface area contributed by atoms with E-state index in [0.29, 0.717) is 35.2 Å². The monoisotopic (exact) mass is 394 g/mol. The maximum Gasteiger partial charge on any atom is 0.178 e. The molecule has 6 heteroatoms. The summed E-state index contributed by atoms with van der Waals surface area (Å²) in [6, 6.07) is 7.41. The van der Waals surface area contributed by atoms with Gasteiger partial charge in [-0.05, 0) is 37.6 Å². The minimum Gasteiger partial charge on any atom is -0.493 e. The van der Waals surface area contributed by atoms with Gasteiger partial charge in [-0.1, -0.05) is 6.07 Å². The van der Waals surface area contributed by atoms with E-state index in [1.165, 1.54) is 0 Å². The van der Waals surface area contributed by atoms with Crippen LogP contribution in [0.1, 0.15) is 46.8 Å². The lowest BCUT2D eigenvalue weighted by atomic mass is 9.78. The highest BCUT2D eigenvalue weighted by atomic mass is 16.5. The minimum atomic E-state index is -0.513. The van der Waals surface area contributed by atoms with E-state index in [2.05, 4.69) is 0 Å². The molecule has 29 heavy (non-hydrogen) atoms. The molecule has 0 fully saturated rings. The van der Waals surface area contributed by atoms with Gasteiger partial charge < -0.3 is 23.7 Å². The summed E-state index contributed by atoms with van der Waals surface area (Å²) in [5.41, 5.74) is 2.66. The fourth-order valence-electron chi connectivity index (χ4n) is 4.43. The quantitative estimate of drug-likeness (QED) is 0.766. The number of carbonyl (C=O) groups excluding carboxylic acids is 1. The first-order chi connectivity index (χ1) is 13.9. The van der Waals surface area contributed by atoms with Gasteiger partial charge in [0.05, 0.1) is 32.0 Å². The summed E-state index contributed by atoms with van der Waals surface area (Å²) in [4.78, 5) is 13.8. The average molecular weight is 394 g/mol. The van der Waals surface area contributed by atoms with Gasteiger partial charge in [0.1, 0.15) is 29.8 Å². The summed E-state index contributed by atoms with van der Waals surface area (Å²) in [7, 11) is 3.15. The molecule has 0 aliphatic carbocycles. The third-order valence-corrected chi connectivity index (χ3v) is 5.89. The standard InChI is InChI=1S/C23H22O6/c1-23(2)14-5-6-15-20(12(14)7-8-28-23)22(24)21-13-9-17(25-3)18(26-4)10-16(13)27-11-19(21)29-15/h5-10,19,21H,11H2,1-4H3/t19?,21-/m0/s1. The van der Waals surface area contributed by atoms with Crippen molar-refractivity contribution in [2.75, 3.05) is 20.8 Å². The molecule has 0 amide bonds. The smallest absolute Gasteiger partial charge is 0.178 e. The van der Waals surface area contributed by atoms with Crippen LogP contribution in [0.15, 0.2) is 30.5 Å². The van der Waals surface area contributed by atoms with Gasteiger partial charge in [0, 0.05) is 17.2 Å². The van der Waals surface area contributed by atoms with Crippen molar-refractivity contribution in [3.63, 3.8) is 0 Å². The highest BCUT2D eigenvalue weighted by Crippen LogP contribution is 2.49. The first-order valence-electron chi connectivity index (χ1n) is 9.56. The van der Waals surface area contributed by atoms with Crippen LogP contribution in [-0.2, 0) is 10.3 Å². The molecule has 0 radical (unpaired) electrons. The molecule has 0 aromatic heterocycles. The highest BCUT2D eigenvalue weighted by molar-refractivity contribution is 6.08. The largest absolute Gasteiger partial charge is 0.493 e. The van der Waals surface area contributed by atoms with E-state index in [4.69, 9.17) is 23.7 Å². The van der Waals surface area contributed by atoms with Gasteiger partial charge in [-0.3, -0.25) is 4.79 Å². The zero-order valence-corrected chi connectivity index (χ0v) is 16.8. The van der Waals surface area contributed by atoms with Crippen LogP contribution in [0, 0.1) is 0 Å². The van der Waals surface area contributed by atoms with Crippen LogP contribution < -0.4 is 18.9 Å². The van der Waals surface area contributed by atoms with E-state index in [0.717, 1.165) is 16.7 Å². The highest BCUT2D eigenvalue weighted by Gasteiger charge is 2.45. The number of fused-ring (bicyclic) bond motifs is 6. The van der Waals surface area contributed by atoms with Crippen LogP contribution in [0.2, 0.25) is 0 Å². The molecule has 0 spiro atoms. The van der Waals surface area contributed by atoms with Crippen molar-refractivity contribution >= 4 is 11.9 Å². The van der Waals surface area contributed by atoms with E-state index >= 15 is 0 Å². The molecular formula is C23H22O6. The number of carbonyl (C=O) groups is 1. The summed E-state index contributed by atoms with van der Waals surface area (Å²) in [6.45, 7) is 4.26. The number of ether oxygens (including phenoxy) is 5. The van der Waals surface area contributed by atoms with Gasteiger partial charge in [0.2, 0.25) is 0 Å². The van der Waals surface area contributed by atoms with E-state index in [-0.39, 0.29) is 5.78 Å². The molecule has 3 aliphatic rings. The maximum absolute atomic E-state index is 13.8. The number of ketones is 1. The summed E-state index contributed by atoms with van der Waals surface area (Å²) >= 11 is 0. The second kappa shape index (κ2) is 6.17. The zero-order chi connectivity index (χ0) is 20.3. The first kappa shape index (κ1) is 17.9. The molecule has 2 aromatic carbocycles. The Morgan fingerprint density at radius 3 is 2.59 bits per heavy atom. The molecule has 3 heterocycles. The Hall–Kier alpha value is -3.15. The Labute approximate surface area is 169 Å². The van der Waals surface area contributed by atoms with Crippen molar-refractivity contribution in [3.8, 4) is 23.0 Å². The molecule has 5 rings (SSSR count). The van der Waals surface area contributed by atoms with Gasteiger partial charge in [-0.25, -0.2) is 0 Å². The summed E-state index contributed by atoms with van der Waals surface area (Å²) in [5, 5.41) is 0. The van der Waals surface area contributed by atoms with Crippen LogP contribution in [-0.4, -0.2) is 32.7 Å². The maximum atomic E-state index is 13.8. The molecule has 3 aliphatic heterocycles. The molecule has 0 bridgehead atoms. The fourth-order valence-corrected chi connectivity index (χ4v) is 4.43. The zero-order valence-electron chi connectivity index (χ0n) is 16.8. The molecular weight excluding hydrogens is 372 g/mol. The van der Waals surface area contributed by atoms with Gasteiger partial charge in [-0.2, -0.15) is 0 Å². The van der Waals surface area contributed by atoms with Crippen molar-refractivity contribution in [1.29, 1.82) is 0 Å². The molecule has 2 atom stereocenters. The number of Topliss-reactive ketones (excluding diaryl/α,β-unsaturated/α-hetero) is 1. The fraction of sp³-hybridized carbons (Fsp3) is 0.348. The number of methoxy groups -OCH3 is 2. The minimum absolute atomic E-state index is 0.0206. The molecule has 6 nitrogen and oxygen atoms in total. The predicted octanol–water partition coefficient (Wildman–Crippen LogP) is 4.06. The molecule has 2 aromatic rings. The van der Waals surface area contributed by atoms with Crippen molar-refractivity contribution < 1.29 is 28.5 Å². The topological polar surface area (TPSA) is 63.2 Å². The van der Waals surface area contributed by atoms with Crippen molar-refractivity contribution in [2.24, 2.45) is 0 Å². The van der Waals surface area contributed by atoms with Crippen LogP contribution in [0.5, 0.6) is 23.0 Å². The van der Waals surface area contributed by atoms with Gasteiger partial charge in [-0.15, -0.1) is 0 Å². The van der Waals surface area contributed by atoms with Gasteiger partial charge in [0.25, 0.3) is 0 Å². The molecule has 150 valence electrons. The van der Waals surface area contributed by atoms with E-state index in [1.54, 1.807) is 26.5 Å². The Kier molecular flexibility index (Phi) is 3.81. The first-order valence-corrected chi connectivity index (χ1v) is 9.56. The summed E-state index contributed by atoms with van der Waals surface area (Å²) in [6.07, 6.45) is 3.10. The summed E-state index contributed by atoms with van der Waals surface area (Å²) in [5.74, 6) is 1.87. The van der Waals surface area contributed by atoms with Gasteiger partial charge >= 0.3 is 0 Å². The number of benzene rings is 2. The van der Waals surface area contributed by atoms with E-state index in [9.17, 15) is 4.79 Å². The van der Waals surface area contributed by atoms with Crippen LogP contribution in [0.25, 0.3) is 6.08 Å². The van der Waals surface area contributed by atoms with Crippen LogP contribution in [0.3, 0.4) is 0 Å². The molecule has 0 saturated heterocycles. The van der Waals surface area contributed by atoms with Crippen LogP contribution >= 0.6 is 0 Å². The second-order valence-electron chi connectivity index (χ2n) is 7.89. The lowest BCUT2D eigenvalue weighted by Gasteiger charge is -2.39. The molecule has 1 unspecified atom stereocenters. The second-order valence-corrected chi connectivity index (χ2v) is 7.89. The number of rotatable bonds is 2. The van der Waals surface area contributed by atoms with E-state index < -0.39 is 17.6 Å². The predicted molar refractivity (Wildman–Crippen MR) is 106 cm³/mol. The number of hydrogen-bond acceptors (Lipinski definition) is 6. The van der Waals surface area contributed by atoms with Crippen molar-refractivity contribution in [3.05, 3.63) is 52.8 Å². The Morgan fingerprint density at radius 2 is 1.83 bits per heavy atom. The normalized spacial score (nSPS) is 22.7. The van der Waals surface area contributed by atoms with Gasteiger partial charge in [0.15, 0.2) is 17.3 Å². The SMILES string of the molecule is COc1cc2c(cc1OC)[C@@H]1C(=O)c3c(ccc4c3C=COC4(C)C)OC1CO2. The Morgan fingerprint density at radius 1 is 1.07 bits per heavy atom.